The van der Waals surface area contributed by atoms with Crippen LogP contribution in [0, 0.1) is 20.8 Å². The number of rotatable bonds is 15. The highest BCUT2D eigenvalue weighted by Crippen LogP contribution is 2.24. The van der Waals surface area contributed by atoms with Gasteiger partial charge in [-0.05, 0) is 40.0 Å². The van der Waals surface area contributed by atoms with Crippen LogP contribution in [0.15, 0.2) is 32.6 Å². The predicted molar refractivity (Wildman–Crippen MR) is 184 cm³/mol. The molecule has 8 N–H and O–H groups in total. The Bertz CT molecular complexity index is 1740. The van der Waals surface area contributed by atoms with Crippen molar-refractivity contribution < 1.29 is 29.7 Å². The molecule has 16 heteroatoms. The molecule has 3 aromatic heterocycles. The second-order valence-electron chi connectivity index (χ2n) is 12.7. The lowest BCUT2D eigenvalue weighted by Crippen LogP contribution is -2.43. The van der Waals surface area contributed by atoms with Crippen molar-refractivity contribution in [2.45, 2.75) is 84.5 Å². The van der Waals surface area contributed by atoms with Gasteiger partial charge in [0.05, 0.1) is 36.7 Å². The number of pyridine rings is 3. The number of carbonyl (C=O) groups excluding carboxylic acids is 3. The van der Waals surface area contributed by atoms with Gasteiger partial charge in [-0.3, -0.25) is 28.8 Å². The maximum absolute atomic E-state index is 12.9. The van der Waals surface area contributed by atoms with E-state index in [0.717, 1.165) is 0 Å². The Kier molecular flexibility index (Phi) is 12.8. The molecular weight excluding hydrogens is 650 g/mol. The fraction of sp³-hybridized carbons (Fsp3) is 0.471. The number of carbonyl (C=O) groups is 3. The van der Waals surface area contributed by atoms with Gasteiger partial charge in [-0.15, -0.1) is 0 Å². The monoisotopic (exact) mass is 697 g/mol. The largest absolute Gasteiger partial charge is 0.503 e. The smallest absolute Gasteiger partial charge is 0.223 e. The topological polar surface area (TPSA) is 240 Å². The maximum atomic E-state index is 12.9. The maximum Gasteiger partial charge on any atom is 0.223 e. The first-order chi connectivity index (χ1) is 23.3. The molecular formula is C34H47N7O9. The molecule has 272 valence electrons. The summed E-state index contributed by atoms with van der Waals surface area (Å²) in [5.41, 5.74) is 6.31. The van der Waals surface area contributed by atoms with E-state index in [1.807, 2.05) is 0 Å². The SMILES string of the molecule is Cc1cc(=O)c(O)c(CNC(=O)CCC(N)(CCC(=O)NCc2c(O)c(=O)cc(C)n2C)CCC(=O)NCc2c(O)c(=O)cc(C)n2C)n1C. The van der Waals surface area contributed by atoms with E-state index in [1.54, 1.807) is 55.6 Å². The van der Waals surface area contributed by atoms with Gasteiger partial charge < -0.3 is 50.7 Å². The summed E-state index contributed by atoms with van der Waals surface area (Å²) < 4.78 is 4.76. The van der Waals surface area contributed by atoms with Gasteiger partial charge in [-0.25, -0.2) is 0 Å². The van der Waals surface area contributed by atoms with Crippen LogP contribution < -0.4 is 38.0 Å². The van der Waals surface area contributed by atoms with Crippen LogP contribution in [0.1, 0.15) is 72.7 Å². The number of nitrogens with two attached hydrogens (primary N) is 1. The van der Waals surface area contributed by atoms with Crippen molar-refractivity contribution in [1.82, 2.24) is 29.7 Å². The first kappa shape index (κ1) is 39.1. The molecule has 0 unspecified atom stereocenters. The van der Waals surface area contributed by atoms with Crippen LogP contribution in [0.4, 0.5) is 0 Å². The van der Waals surface area contributed by atoms with Gasteiger partial charge in [-0.1, -0.05) is 0 Å². The average molecular weight is 698 g/mol. The zero-order chi connectivity index (χ0) is 37.5. The number of amides is 3. The Balaban J connectivity index is 1.68. The molecule has 0 spiro atoms. The highest BCUT2D eigenvalue weighted by atomic mass is 16.3. The second kappa shape index (κ2) is 16.3. The molecule has 0 aliphatic carbocycles. The molecule has 0 aromatic carbocycles. The van der Waals surface area contributed by atoms with E-state index in [9.17, 15) is 44.1 Å². The number of aryl methyl sites for hydroxylation is 3. The Hall–Kier alpha value is -5.38. The number of nitrogens with one attached hydrogen (secondary N) is 3. The minimum Gasteiger partial charge on any atom is -0.503 e. The van der Waals surface area contributed by atoms with Crippen LogP contribution in [0.25, 0.3) is 0 Å². The van der Waals surface area contributed by atoms with Crippen molar-refractivity contribution in [2.24, 2.45) is 26.9 Å². The van der Waals surface area contributed by atoms with Gasteiger partial charge in [-0.2, -0.15) is 0 Å². The van der Waals surface area contributed by atoms with Crippen molar-refractivity contribution in [3.63, 3.8) is 0 Å². The molecule has 3 rings (SSSR count). The van der Waals surface area contributed by atoms with Gasteiger partial charge in [0.15, 0.2) is 17.2 Å². The van der Waals surface area contributed by atoms with Crippen LogP contribution in [-0.2, 0) is 55.2 Å². The zero-order valence-electron chi connectivity index (χ0n) is 29.3. The molecule has 0 atom stereocenters. The van der Waals surface area contributed by atoms with E-state index < -0.39 is 56.8 Å². The number of hydrogen-bond acceptors (Lipinski definition) is 10. The number of aromatic nitrogens is 3. The minimum atomic E-state index is -1.18. The van der Waals surface area contributed by atoms with Gasteiger partial charge in [0.25, 0.3) is 0 Å². The molecule has 0 aliphatic heterocycles. The fourth-order valence-corrected chi connectivity index (χ4v) is 5.49. The summed E-state index contributed by atoms with van der Waals surface area (Å²) >= 11 is 0. The molecule has 16 nitrogen and oxygen atoms in total. The Morgan fingerprint density at radius 2 is 0.820 bits per heavy atom. The Morgan fingerprint density at radius 1 is 0.580 bits per heavy atom. The van der Waals surface area contributed by atoms with Crippen molar-refractivity contribution >= 4 is 17.7 Å². The Labute approximate surface area is 288 Å². The first-order valence-electron chi connectivity index (χ1n) is 16.1. The molecule has 0 radical (unpaired) electrons. The molecule has 50 heavy (non-hydrogen) atoms. The summed E-state index contributed by atoms with van der Waals surface area (Å²) in [5.74, 6) is -2.72. The molecule has 0 bridgehead atoms. The summed E-state index contributed by atoms with van der Waals surface area (Å²) in [7, 11) is 4.95. The number of aromatic hydroxyl groups is 3. The quantitative estimate of drug-likeness (QED) is 0.113. The van der Waals surface area contributed by atoms with E-state index in [4.69, 9.17) is 5.73 Å². The first-order valence-corrected chi connectivity index (χ1v) is 16.1. The normalized spacial score (nSPS) is 11.3. The van der Waals surface area contributed by atoms with Crippen LogP contribution in [0.3, 0.4) is 0 Å². The van der Waals surface area contributed by atoms with Crippen molar-refractivity contribution in [3.8, 4) is 17.2 Å². The molecule has 0 saturated heterocycles. The van der Waals surface area contributed by atoms with Crippen LogP contribution in [-0.4, -0.2) is 52.3 Å². The third-order valence-corrected chi connectivity index (χ3v) is 9.25. The predicted octanol–water partition coefficient (Wildman–Crippen LogP) is 0.112. The summed E-state index contributed by atoms with van der Waals surface area (Å²) in [4.78, 5) is 74.8. The summed E-state index contributed by atoms with van der Waals surface area (Å²) in [6.45, 7) is 4.71. The summed E-state index contributed by atoms with van der Waals surface area (Å²) in [5, 5.41) is 38.7. The van der Waals surface area contributed by atoms with Gasteiger partial charge in [0.1, 0.15) is 0 Å². The number of hydrogen-bond donors (Lipinski definition) is 7. The van der Waals surface area contributed by atoms with Crippen LogP contribution in [0.2, 0.25) is 0 Å². The van der Waals surface area contributed by atoms with E-state index >= 15 is 0 Å². The van der Waals surface area contributed by atoms with E-state index in [2.05, 4.69) is 16.0 Å². The van der Waals surface area contributed by atoms with Crippen molar-refractivity contribution in [1.29, 1.82) is 0 Å². The van der Waals surface area contributed by atoms with Gasteiger partial charge >= 0.3 is 0 Å². The van der Waals surface area contributed by atoms with Crippen molar-refractivity contribution in [2.75, 3.05) is 0 Å². The molecule has 0 fully saturated rings. The molecule has 3 aromatic rings. The minimum absolute atomic E-state index is 0.0679. The van der Waals surface area contributed by atoms with E-state index in [1.165, 1.54) is 18.2 Å². The lowest BCUT2D eigenvalue weighted by Gasteiger charge is -2.29. The van der Waals surface area contributed by atoms with E-state index in [-0.39, 0.29) is 75.2 Å². The molecule has 3 amide bonds. The van der Waals surface area contributed by atoms with Gasteiger partial charge in [0.2, 0.25) is 34.0 Å². The zero-order valence-corrected chi connectivity index (χ0v) is 29.3. The Morgan fingerprint density at radius 3 is 1.06 bits per heavy atom. The highest BCUT2D eigenvalue weighted by Gasteiger charge is 2.28. The van der Waals surface area contributed by atoms with Gasteiger partial charge in [0, 0.05) is 81.2 Å². The fourth-order valence-electron chi connectivity index (χ4n) is 5.49. The highest BCUT2D eigenvalue weighted by molar-refractivity contribution is 5.77. The molecule has 3 heterocycles. The average Bonchev–Trinajstić information content (AvgIpc) is 3.06. The second-order valence-corrected chi connectivity index (χ2v) is 12.7. The molecule has 0 saturated carbocycles. The third-order valence-electron chi connectivity index (χ3n) is 9.25. The van der Waals surface area contributed by atoms with Crippen LogP contribution >= 0.6 is 0 Å². The van der Waals surface area contributed by atoms with Crippen LogP contribution in [0.5, 0.6) is 17.2 Å². The lowest BCUT2D eigenvalue weighted by atomic mass is 9.84. The summed E-state index contributed by atoms with van der Waals surface area (Å²) in [6, 6.07) is 3.85. The lowest BCUT2D eigenvalue weighted by molar-refractivity contribution is -0.121. The standard InChI is InChI=1S/C34H47N7O9/c1-19-13-25(42)31(48)22(39(19)4)16-36-28(45)7-10-34(35,11-8-29(46)37-17-23-32(49)26(43)14-20(2)40(23)5)12-9-30(47)38-18-24-33(50)27(44)15-21(3)41(24)6/h13-15,48-50H,7-12,16-18,35H2,1-6H3,(H,36,45)(H,37,46)(H,38,47). The number of nitrogens with zero attached hydrogens (tertiary/aromatic N) is 3. The third kappa shape index (κ3) is 9.62. The summed E-state index contributed by atoms with van der Waals surface area (Å²) in [6.07, 6.45) is -0.0914. The van der Waals surface area contributed by atoms with Crippen molar-refractivity contribution in [3.05, 3.63) is 83.0 Å². The van der Waals surface area contributed by atoms with E-state index in [0.29, 0.717) is 17.1 Å². The molecule has 0 aliphatic rings.